The molecule has 0 aromatic carbocycles. The minimum absolute atomic E-state index is 0.284. The summed E-state index contributed by atoms with van der Waals surface area (Å²) < 4.78 is 0. The van der Waals surface area contributed by atoms with Gasteiger partial charge in [-0.15, -0.1) is 0 Å². The number of hydrogen-bond donors (Lipinski definition) is 2. The number of carbonyl (C=O) groups is 1. The summed E-state index contributed by atoms with van der Waals surface area (Å²) in [6.45, 7) is 2.47. The minimum Gasteiger partial charge on any atom is -0.391 e. The maximum Gasteiger partial charge on any atom is 0.251 e. The van der Waals surface area contributed by atoms with Crippen LogP contribution in [0.1, 0.15) is 19.8 Å². The van der Waals surface area contributed by atoms with Crippen molar-refractivity contribution in [3.63, 3.8) is 0 Å². The van der Waals surface area contributed by atoms with E-state index in [4.69, 9.17) is 5.11 Å². The molecular weight excluding hydrogens is 158 g/mol. The van der Waals surface area contributed by atoms with Crippen LogP contribution < -0.4 is 0 Å². The zero-order chi connectivity index (χ0) is 9.14. The largest absolute Gasteiger partial charge is 0.391 e. The number of carbonyl (C=O) groups excluding carboxylic acids is 1. The predicted octanol–water partition coefficient (Wildman–Crippen LogP) is -0.650. The first-order chi connectivity index (χ1) is 5.61. The maximum atomic E-state index is 11.2. The third kappa shape index (κ3) is 2.19. The molecule has 4 heteroatoms. The second-order valence-electron chi connectivity index (χ2n) is 3.26. The Labute approximate surface area is 71.8 Å². The molecule has 0 aromatic heterocycles. The number of hydrogen-bond acceptors (Lipinski definition) is 3. The van der Waals surface area contributed by atoms with E-state index in [0.29, 0.717) is 13.1 Å². The number of aliphatic hydroxyl groups excluding tert-OH is 2. The Morgan fingerprint density at radius 1 is 1.67 bits per heavy atom. The monoisotopic (exact) mass is 173 g/mol. The average molecular weight is 173 g/mol. The van der Waals surface area contributed by atoms with Crippen molar-refractivity contribution in [2.24, 2.45) is 0 Å². The van der Waals surface area contributed by atoms with Crippen LogP contribution in [0.15, 0.2) is 0 Å². The first kappa shape index (κ1) is 9.48. The highest BCUT2D eigenvalue weighted by molar-refractivity contribution is 5.80. The Morgan fingerprint density at radius 3 is 2.83 bits per heavy atom. The van der Waals surface area contributed by atoms with E-state index in [1.54, 1.807) is 0 Å². The topological polar surface area (TPSA) is 60.8 Å². The zero-order valence-corrected chi connectivity index (χ0v) is 7.23. The molecule has 1 aliphatic rings. The molecule has 0 aliphatic carbocycles. The van der Waals surface area contributed by atoms with Gasteiger partial charge in [0.2, 0.25) is 0 Å². The van der Waals surface area contributed by atoms with Gasteiger partial charge in [0.25, 0.3) is 5.91 Å². The normalized spacial score (nSPS) is 26.9. The first-order valence-corrected chi connectivity index (χ1v) is 4.26. The number of rotatable bonds is 1. The highest BCUT2D eigenvalue weighted by Gasteiger charge is 2.24. The standard InChI is InChI=1S/C8H15NO3/c1-6(10)8(12)9-4-2-3-7(11)5-9/h6-7,10-11H,2-5H2,1H3/t6?,7-/m0/s1. The molecular formula is C8H15NO3. The lowest BCUT2D eigenvalue weighted by molar-refractivity contribution is -0.142. The SMILES string of the molecule is CC(O)C(=O)N1CCC[C@H](O)C1. The highest BCUT2D eigenvalue weighted by atomic mass is 16.3. The van der Waals surface area contributed by atoms with Crippen LogP contribution in [-0.2, 0) is 4.79 Å². The lowest BCUT2D eigenvalue weighted by atomic mass is 10.1. The van der Waals surface area contributed by atoms with E-state index in [1.807, 2.05) is 0 Å². The summed E-state index contributed by atoms with van der Waals surface area (Å²) >= 11 is 0. The van der Waals surface area contributed by atoms with Crippen molar-refractivity contribution in [3.8, 4) is 0 Å². The number of aliphatic hydroxyl groups is 2. The van der Waals surface area contributed by atoms with E-state index >= 15 is 0 Å². The zero-order valence-electron chi connectivity index (χ0n) is 7.23. The Balaban J connectivity index is 2.46. The van der Waals surface area contributed by atoms with Crippen LogP contribution >= 0.6 is 0 Å². The maximum absolute atomic E-state index is 11.2. The van der Waals surface area contributed by atoms with Crippen LogP contribution in [0.25, 0.3) is 0 Å². The molecule has 1 rings (SSSR count). The fourth-order valence-electron chi connectivity index (χ4n) is 1.42. The van der Waals surface area contributed by atoms with Crippen molar-refractivity contribution in [3.05, 3.63) is 0 Å². The Kier molecular flexibility index (Phi) is 3.05. The number of nitrogens with zero attached hydrogens (tertiary/aromatic N) is 1. The summed E-state index contributed by atoms with van der Waals surface area (Å²) in [5.41, 5.74) is 0. The molecule has 0 saturated carbocycles. The van der Waals surface area contributed by atoms with Crippen LogP contribution in [0, 0.1) is 0 Å². The molecule has 4 nitrogen and oxygen atoms in total. The average Bonchev–Trinajstić information content (AvgIpc) is 2.03. The quantitative estimate of drug-likeness (QED) is 0.554. The third-order valence-corrected chi connectivity index (χ3v) is 2.07. The van der Waals surface area contributed by atoms with E-state index in [-0.39, 0.29) is 5.91 Å². The van der Waals surface area contributed by atoms with Gasteiger partial charge in [-0.2, -0.15) is 0 Å². The Hall–Kier alpha value is -0.610. The summed E-state index contributed by atoms with van der Waals surface area (Å²) in [5.74, 6) is -0.284. The summed E-state index contributed by atoms with van der Waals surface area (Å²) in [7, 11) is 0. The lowest BCUT2D eigenvalue weighted by Gasteiger charge is -2.30. The van der Waals surface area contributed by atoms with Gasteiger partial charge in [0.05, 0.1) is 6.10 Å². The molecule has 2 atom stereocenters. The van der Waals surface area contributed by atoms with E-state index in [9.17, 15) is 9.90 Å². The minimum atomic E-state index is -0.949. The van der Waals surface area contributed by atoms with Gasteiger partial charge in [0, 0.05) is 13.1 Å². The third-order valence-electron chi connectivity index (χ3n) is 2.07. The van der Waals surface area contributed by atoms with Gasteiger partial charge in [0.15, 0.2) is 0 Å². The Bertz CT molecular complexity index is 170. The molecule has 1 saturated heterocycles. The molecule has 0 spiro atoms. The molecule has 0 radical (unpaired) electrons. The van der Waals surface area contributed by atoms with Gasteiger partial charge in [-0.1, -0.05) is 0 Å². The van der Waals surface area contributed by atoms with Crippen LogP contribution in [0.3, 0.4) is 0 Å². The van der Waals surface area contributed by atoms with Gasteiger partial charge in [-0.3, -0.25) is 4.79 Å². The van der Waals surface area contributed by atoms with Crippen LogP contribution in [0.5, 0.6) is 0 Å². The summed E-state index contributed by atoms with van der Waals surface area (Å²) in [6.07, 6.45) is 0.209. The second kappa shape index (κ2) is 3.87. The summed E-state index contributed by atoms with van der Waals surface area (Å²) in [5, 5.41) is 18.2. The van der Waals surface area contributed by atoms with E-state index in [1.165, 1.54) is 11.8 Å². The predicted molar refractivity (Wildman–Crippen MR) is 43.5 cm³/mol. The first-order valence-electron chi connectivity index (χ1n) is 4.26. The number of β-amino-alcohol motifs (C(OH)–C–C–N with tert-alkyl or cyclic N) is 1. The van der Waals surface area contributed by atoms with Gasteiger partial charge < -0.3 is 15.1 Å². The van der Waals surface area contributed by atoms with E-state index < -0.39 is 12.2 Å². The molecule has 0 aromatic rings. The molecule has 70 valence electrons. The Morgan fingerprint density at radius 2 is 2.33 bits per heavy atom. The van der Waals surface area contributed by atoms with Crippen molar-refractivity contribution >= 4 is 5.91 Å². The van der Waals surface area contributed by atoms with Gasteiger partial charge in [-0.25, -0.2) is 0 Å². The molecule has 12 heavy (non-hydrogen) atoms. The molecule has 1 unspecified atom stereocenters. The molecule has 0 bridgehead atoms. The fourth-order valence-corrected chi connectivity index (χ4v) is 1.42. The van der Waals surface area contributed by atoms with Crippen LogP contribution in [0.4, 0.5) is 0 Å². The molecule has 1 aliphatic heterocycles. The van der Waals surface area contributed by atoms with Crippen LogP contribution in [-0.4, -0.2) is 46.3 Å². The lowest BCUT2D eigenvalue weighted by Crippen LogP contribution is -2.45. The van der Waals surface area contributed by atoms with Crippen molar-refractivity contribution in [2.75, 3.05) is 13.1 Å². The van der Waals surface area contributed by atoms with Gasteiger partial charge in [-0.05, 0) is 19.8 Å². The summed E-state index contributed by atoms with van der Waals surface area (Å²) in [4.78, 5) is 12.7. The van der Waals surface area contributed by atoms with Crippen molar-refractivity contribution in [2.45, 2.75) is 32.0 Å². The molecule has 1 amide bonds. The smallest absolute Gasteiger partial charge is 0.251 e. The molecule has 1 heterocycles. The van der Waals surface area contributed by atoms with E-state index in [0.717, 1.165) is 12.8 Å². The van der Waals surface area contributed by atoms with Gasteiger partial charge in [0.1, 0.15) is 6.10 Å². The van der Waals surface area contributed by atoms with Crippen molar-refractivity contribution in [1.82, 2.24) is 4.90 Å². The number of likely N-dealkylation sites (tertiary alicyclic amines) is 1. The highest BCUT2D eigenvalue weighted by Crippen LogP contribution is 2.10. The molecule has 2 N–H and O–H groups in total. The van der Waals surface area contributed by atoms with E-state index in [2.05, 4.69) is 0 Å². The van der Waals surface area contributed by atoms with Crippen molar-refractivity contribution < 1.29 is 15.0 Å². The number of amides is 1. The second-order valence-corrected chi connectivity index (χ2v) is 3.26. The van der Waals surface area contributed by atoms with Crippen molar-refractivity contribution in [1.29, 1.82) is 0 Å². The molecule has 1 fully saturated rings. The summed E-state index contributed by atoms with van der Waals surface area (Å²) in [6, 6.07) is 0. The fraction of sp³-hybridized carbons (Fsp3) is 0.875. The van der Waals surface area contributed by atoms with Crippen LogP contribution in [0.2, 0.25) is 0 Å². The van der Waals surface area contributed by atoms with Gasteiger partial charge >= 0.3 is 0 Å². The number of piperidine rings is 1.